The summed E-state index contributed by atoms with van der Waals surface area (Å²) >= 11 is 0. The molecule has 2 aromatic rings. The van der Waals surface area contributed by atoms with Gasteiger partial charge in [0.25, 0.3) is 0 Å². The third kappa shape index (κ3) is 4.58. The van der Waals surface area contributed by atoms with Crippen molar-refractivity contribution in [1.82, 2.24) is 10.2 Å². The standard InChI is InChI=1S/C22H27FN2O3/c1-15(27)25(11-12-28-2)13-20-22(21(14-26)24-20)18-5-3-16(4-6-18)17-7-9-19(23)10-8-17/h3-10,20-22,24,26H,11-14H2,1-2H3/t20-,21-,22+/m1/s1. The van der Waals surface area contributed by atoms with E-state index in [0.29, 0.717) is 19.7 Å². The molecule has 0 aromatic heterocycles. The fraction of sp³-hybridized carbons (Fsp3) is 0.409. The fourth-order valence-electron chi connectivity index (χ4n) is 3.80. The number of ether oxygens (including phenoxy) is 1. The second kappa shape index (κ2) is 9.28. The Morgan fingerprint density at radius 1 is 1.11 bits per heavy atom. The van der Waals surface area contributed by atoms with Crippen molar-refractivity contribution in [2.45, 2.75) is 24.9 Å². The molecule has 6 heteroatoms. The van der Waals surface area contributed by atoms with Crippen LogP contribution in [0.4, 0.5) is 4.39 Å². The molecule has 2 aromatic carbocycles. The monoisotopic (exact) mass is 386 g/mol. The zero-order valence-corrected chi connectivity index (χ0v) is 16.3. The van der Waals surface area contributed by atoms with Crippen LogP contribution < -0.4 is 5.32 Å². The molecule has 1 heterocycles. The van der Waals surface area contributed by atoms with E-state index in [-0.39, 0.29) is 36.3 Å². The summed E-state index contributed by atoms with van der Waals surface area (Å²) in [5, 5.41) is 13.0. The lowest BCUT2D eigenvalue weighted by Crippen LogP contribution is -2.65. The molecule has 2 N–H and O–H groups in total. The maximum absolute atomic E-state index is 13.1. The Morgan fingerprint density at radius 2 is 1.71 bits per heavy atom. The van der Waals surface area contributed by atoms with Gasteiger partial charge in [-0.05, 0) is 28.8 Å². The van der Waals surface area contributed by atoms with Gasteiger partial charge in [-0.3, -0.25) is 4.79 Å². The second-order valence-electron chi connectivity index (χ2n) is 7.17. The van der Waals surface area contributed by atoms with E-state index in [4.69, 9.17) is 4.74 Å². The summed E-state index contributed by atoms with van der Waals surface area (Å²) in [6.07, 6.45) is 0. The molecule has 0 aliphatic carbocycles. The predicted molar refractivity (Wildman–Crippen MR) is 107 cm³/mol. The Bertz CT molecular complexity index is 779. The molecule has 150 valence electrons. The summed E-state index contributed by atoms with van der Waals surface area (Å²) in [6.45, 7) is 3.21. The van der Waals surface area contributed by atoms with Crippen LogP contribution in [0.15, 0.2) is 48.5 Å². The van der Waals surface area contributed by atoms with Crippen LogP contribution in [0.5, 0.6) is 0 Å². The zero-order valence-electron chi connectivity index (χ0n) is 16.3. The van der Waals surface area contributed by atoms with Gasteiger partial charge >= 0.3 is 0 Å². The smallest absolute Gasteiger partial charge is 0.219 e. The highest BCUT2D eigenvalue weighted by Gasteiger charge is 2.41. The first kappa shape index (κ1) is 20.5. The van der Waals surface area contributed by atoms with Gasteiger partial charge < -0.3 is 20.1 Å². The number of benzene rings is 2. The van der Waals surface area contributed by atoms with Crippen LogP contribution in [-0.4, -0.2) is 61.4 Å². The number of carbonyl (C=O) groups is 1. The maximum Gasteiger partial charge on any atom is 0.219 e. The number of nitrogens with zero attached hydrogens (tertiary/aromatic N) is 1. The minimum absolute atomic E-state index is 0.0108. The lowest BCUT2D eigenvalue weighted by molar-refractivity contribution is -0.130. The second-order valence-corrected chi connectivity index (χ2v) is 7.17. The molecule has 0 saturated carbocycles. The molecule has 1 fully saturated rings. The normalized spacial score (nSPS) is 21.2. The van der Waals surface area contributed by atoms with Gasteiger partial charge in [0.05, 0.1) is 13.2 Å². The van der Waals surface area contributed by atoms with Crippen LogP contribution >= 0.6 is 0 Å². The lowest BCUT2D eigenvalue weighted by Gasteiger charge is -2.47. The molecule has 1 saturated heterocycles. The highest BCUT2D eigenvalue weighted by Crippen LogP contribution is 2.34. The van der Waals surface area contributed by atoms with Crippen LogP contribution in [-0.2, 0) is 9.53 Å². The number of aliphatic hydroxyl groups is 1. The minimum atomic E-state index is -0.252. The van der Waals surface area contributed by atoms with Crippen molar-refractivity contribution in [3.8, 4) is 11.1 Å². The van der Waals surface area contributed by atoms with Crippen molar-refractivity contribution in [3.05, 3.63) is 59.9 Å². The predicted octanol–water partition coefficient (Wildman–Crippen LogP) is 2.40. The Morgan fingerprint density at radius 3 is 2.25 bits per heavy atom. The van der Waals surface area contributed by atoms with Gasteiger partial charge in [0.2, 0.25) is 5.91 Å². The first-order valence-corrected chi connectivity index (χ1v) is 9.50. The number of hydrogen-bond donors (Lipinski definition) is 2. The van der Waals surface area contributed by atoms with Crippen LogP contribution in [0, 0.1) is 5.82 Å². The van der Waals surface area contributed by atoms with Gasteiger partial charge in [-0.15, -0.1) is 0 Å². The number of aliphatic hydroxyl groups excluding tert-OH is 1. The molecule has 1 amide bonds. The van der Waals surface area contributed by atoms with Gasteiger partial charge in [0.15, 0.2) is 0 Å². The highest BCUT2D eigenvalue weighted by atomic mass is 19.1. The fourth-order valence-corrected chi connectivity index (χ4v) is 3.80. The number of methoxy groups -OCH3 is 1. The van der Waals surface area contributed by atoms with Crippen molar-refractivity contribution in [2.75, 3.05) is 33.4 Å². The van der Waals surface area contributed by atoms with E-state index < -0.39 is 0 Å². The summed E-state index contributed by atoms with van der Waals surface area (Å²) in [6, 6.07) is 14.6. The number of nitrogens with one attached hydrogen (secondary N) is 1. The van der Waals surface area contributed by atoms with Crippen LogP contribution in [0.1, 0.15) is 18.4 Å². The Labute approximate surface area is 165 Å². The molecular formula is C22H27FN2O3. The van der Waals surface area contributed by atoms with Gasteiger partial charge in [0.1, 0.15) is 5.82 Å². The Balaban J connectivity index is 1.73. The summed E-state index contributed by atoms with van der Waals surface area (Å²) in [7, 11) is 1.62. The molecule has 3 rings (SSSR count). The number of carbonyl (C=O) groups excluding carboxylic acids is 1. The maximum atomic E-state index is 13.1. The van der Waals surface area contributed by atoms with Crippen molar-refractivity contribution in [3.63, 3.8) is 0 Å². The zero-order chi connectivity index (χ0) is 20.1. The van der Waals surface area contributed by atoms with E-state index >= 15 is 0 Å². The molecular weight excluding hydrogens is 359 g/mol. The molecule has 28 heavy (non-hydrogen) atoms. The van der Waals surface area contributed by atoms with Crippen LogP contribution in [0.3, 0.4) is 0 Å². The topological polar surface area (TPSA) is 61.8 Å². The van der Waals surface area contributed by atoms with Gasteiger partial charge in [0, 0.05) is 45.1 Å². The molecule has 0 spiro atoms. The first-order chi connectivity index (χ1) is 13.5. The van der Waals surface area contributed by atoms with Gasteiger partial charge in [-0.25, -0.2) is 4.39 Å². The van der Waals surface area contributed by atoms with E-state index in [1.807, 2.05) is 24.3 Å². The van der Waals surface area contributed by atoms with E-state index in [0.717, 1.165) is 16.7 Å². The SMILES string of the molecule is COCCN(C[C@H]1N[C@H](CO)[C@H]1c1ccc(-c2ccc(F)cc2)cc1)C(C)=O. The third-order valence-electron chi connectivity index (χ3n) is 5.39. The first-order valence-electron chi connectivity index (χ1n) is 9.50. The molecule has 3 atom stereocenters. The van der Waals surface area contributed by atoms with E-state index in [9.17, 15) is 14.3 Å². The van der Waals surface area contributed by atoms with Gasteiger partial charge in [-0.2, -0.15) is 0 Å². The third-order valence-corrected chi connectivity index (χ3v) is 5.39. The number of rotatable bonds is 8. The number of hydrogen-bond acceptors (Lipinski definition) is 4. The summed E-state index contributed by atoms with van der Waals surface area (Å²) < 4.78 is 18.2. The quantitative estimate of drug-likeness (QED) is 0.731. The van der Waals surface area contributed by atoms with E-state index in [1.54, 1.807) is 31.1 Å². The molecule has 0 radical (unpaired) electrons. The number of halogens is 1. The van der Waals surface area contributed by atoms with Crippen molar-refractivity contribution < 1.29 is 19.0 Å². The van der Waals surface area contributed by atoms with Crippen LogP contribution in [0.25, 0.3) is 11.1 Å². The van der Waals surface area contributed by atoms with Crippen molar-refractivity contribution >= 4 is 5.91 Å². The van der Waals surface area contributed by atoms with Crippen molar-refractivity contribution in [1.29, 1.82) is 0 Å². The average Bonchev–Trinajstić information content (AvgIpc) is 2.68. The molecule has 5 nitrogen and oxygen atoms in total. The van der Waals surface area contributed by atoms with E-state index in [1.165, 1.54) is 12.1 Å². The summed E-state index contributed by atoms with van der Waals surface area (Å²) in [5.74, 6) is -0.119. The molecule has 1 aliphatic rings. The highest BCUT2D eigenvalue weighted by molar-refractivity contribution is 5.73. The Kier molecular flexibility index (Phi) is 6.78. The van der Waals surface area contributed by atoms with Crippen molar-refractivity contribution in [2.24, 2.45) is 0 Å². The summed E-state index contributed by atoms with van der Waals surface area (Å²) in [4.78, 5) is 13.7. The average molecular weight is 386 g/mol. The summed E-state index contributed by atoms with van der Waals surface area (Å²) in [5.41, 5.74) is 3.08. The lowest BCUT2D eigenvalue weighted by atomic mass is 9.77. The van der Waals surface area contributed by atoms with Gasteiger partial charge in [-0.1, -0.05) is 36.4 Å². The molecule has 0 bridgehead atoms. The Hall–Kier alpha value is -2.28. The largest absolute Gasteiger partial charge is 0.395 e. The number of amides is 1. The van der Waals surface area contributed by atoms with Crippen LogP contribution in [0.2, 0.25) is 0 Å². The molecule has 1 aliphatic heterocycles. The minimum Gasteiger partial charge on any atom is -0.395 e. The van der Waals surface area contributed by atoms with E-state index in [2.05, 4.69) is 5.32 Å². The molecule has 0 unspecified atom stereocenters.